The zero-order valence-corrected chi connectivity index (χ0v) is 12.0. The van der Waals surface area contributed by atoms with Crippen LogP contribution in [0, 0.1) is 12.7 Å². The predicted octanol–water partition coefficient (Wildman–Crippen LogP) is 3.39. The zero-order chi connectivity index (χ0) is 14.5. The molecule has 0 saturated heterocycles. The highest BCUT2D eigenvalue weighted by Crippen LogP contribution is 2.27. The van der Waals surface area contributed by atoms with Gasteiger partial charge in [0.1, 0.15) is 11.6 Å². The smallest absolute Gasteiger partial charge is 0.131 e. The van der Waals surface area contributed by atoms with Crippen molar-refractivity contribution in [3.8, 4) is 5.75 Å². The number of hydrogen-bond acceptors (Lipinski definition) is 3. The number of benzene rings is 1. The lowest BCUT2D eigenvalue weighted by molar-refractivity contribution is 0.393. The summed E-state index contributed by atoms with van der Waals surface area (Å²) in [6, 6.07) is 10.6. The largest absolute Gasteiger partial charge is 0.496 e. The average Bonchev–Trinajstić information content (AvgIpc) is 2.44. The van der Waals surface area contributed by atoms with Crippen LogP contribution in [0.5, 0.6) is 5.75 Å². The highest BCUT2D eigenvalue weighted by atomic mass is 19.1. The molecule has 20 heavy (non-hydrogen) atoms. The number of methoxy groups -OCH3 is 1. The van der Waals surface area contributed by atoms with Crippen LogP contribution in [0.1, 0.15) is 29.9 Å². The number of nitrogens with one attached hydrogen (secondary N) is 1. The Kier molecular flexibility index (Phi) is 4.69. The fourth-order valence-electron chi connectivity index (χ4n) is 2.17. The van der Waals surface area contributed by atoms with Gasteiger partial charge in [0.05, 0.1) is 12.8 Å². The zero-order valence-electron chi connectivity index (χ0n) is 12.0. The summed E-state index contributed by atoms with van der Waals surface area (Å²) in [6.45, 7) is 4.45. The first-order valence-corrected chi connectivity index (χ1v) is 6.60. The minimum absolute atomic E-state index is 0.159. The van der Waals surface area contributed by atoms with Gasteiger partial charge in [0, 0.05) is 23.8 Å². The van der Waals surface area contributed by atoms with E-state index in [0.29, 0.717) is 17.9 Å². The Balaban J connectivity index is 2.11. The van der Waals surface area contributed by atoms with Crippen LogP contribution in [0.25, 0.3) is 0 Å². The number of hydrogen-bond donors (Lipinski definition) is 1. The lowest BCUT2D eigenvalue weighted by atomic mass is 10.1. The number of rotatable bonds is 5. The Morgan fingerprint density at radius 2 is 2.00 bits per heavy atom. The van der Waals surface area contributed by atoms with E-state index in [9.17, 15) is 4.39 Å². The summed E-state index contributed by atoms with van der Waals surface area (Å²) in [6.07, 6.45) is 0. The molecule has 0 spiro atoms. The molecule has 0 aliphatic heterocycles. The van der Waals surface area contributed by atoms with E-state index >= 15 is 0 Å². The summed E-state index contributed by atoms with van der Waals surface area (Å²) in [5.41, 5.74) is 2.45. The van der Waals surface area contributed by atoms with E-state index in [1.165, 1.54) is 6.07 Å². The van der Waals surface area contributed by atoms with Crippen molar-refractivity contribution >= 4 is 0 Å². The second-order valence-electron chi connectivity index (χ2n) is 4.73. The van der Waals surface area contributed by atoms with Crippen molar-refractivity contribution in [2.45, 2.75) is 26.4 Å². The quantitative estimate of drug-likeness (QED) is 0.907. The first kappa shape index (κ1) is 14.5. The Morgan fingerprint density at radius 1 is 1.25 bits per heavy atom. The SMILES string of the molecule is COc1cccc(F)c1C(C)NCc1cccc(C)n1. The van der Waals surface area contributed by atoms with Crippen LogP contribution in [-0.4, -0.2) is 12.1 Å². The molecule has 0 radical (unpaired) electrons. The summed E-state index contributed by atoms with van der Waals surface area (Å²) in [5.74, 6) is 0.295. The van der Waals surface area contributed by atoms with Crippen molar-refractivity contribution in [1.29, 1.82) is 0 Å². The first-order valence-electron chi connectivity index (χ1n) is 6.60. The number of aryl methyl sites for hydroxylation is 1. The van der Waals surface area contributed by atoms with E-state index < -0.39 is 0 Å². The first-order chi connectivity index (χ1) is 9.61. The van der Waals surface area contributed by atoms with Gasteiger partial charge >= 0.3 is 0 Å². The molecule has 2 rings (SSSR count). The van der Waals surface area contributed by atoms with Gasteiger partial charge in [-0.15, -0.1) is 0 Å². The number of ether oxygens (including phenoxy) is 1. The number of nitrogens with zero attached hydrogens (tertiary/aromatic N) is 1. The molecule has 1 heterocycles. The van der Waals surface area contributed by atoms with Gasteiger partial charge in [-0.1, -0.05) is 12.1 Å². The van der Waals surface area contributed by atoms with Gasteiger partial charge in [-0.05, 0) is 38.1 Å². The van der Waals surface area contributed by atoms with E-state index in [-0.39, 0.29) is 11.9 Å². The average molecular weight is 274 g/mol. The molecule has 0 saturated carbocycles. The standard InChI is InChI=1S/C16H19FN2O/c1-11-6-4-7-13(19-11)10-18-12(2)16-14(17)8-5-9-15(16)20-3/h4-9,12,18H,10H2,1-3H3. The summed E-state index contributed by atoms with van der Waals surface area (Å²) in [5, 5.41) is 3.28. The van der Waals surface area contributed by atoms with E-state index in [0.717, 1.165) is 11.4 Å². The molecule has 3 nitrogen and oxygen atoms in total. The maximum Gasteiger partial charge on any atom is 0.131 e. The minimum Gasteiger partial charge on any atom is -0.496 e. The Labute approximate surface area is 118 Å². The molecule has 0 aliphatic carbocycles. The molecular formula is C16H19FN2O. The summed E-state index contributed by atoms with van der Waals surface area (Å²) in [7, 11) is 1.55. The lowest BCUT2D eigenvalue weighted by Crippen LogP contribution is -2.20. The highest BCUT2D eigenvalue weighted by molar-refractivity contribution is 5.36. The van der Waals surface area contributed by atoms with E-state index in [2.05, 4.69) is 10.3 Å². The molecule has 0 fully saturated rings. The van der Waals surface area contributed by atoms with Gasteiger partial charge in [0.25, 0.3) is 0 Å². The van der Waals surface area contributed by atoms with Crippen LogP contribution in [-0.2, 0) is 6.54 Å². The summed E-state index contributed by atoms with van der Waals surface area (Å²) >= 11 is 0. The molecule has 0 aliphatic rings. The fourth-order valence-corrected chi connectivity index (χ4v) is 2.17. The van der Waals surface area contributed by atoms with Crippen molar-refractivity contribution in [2.75, 3.05) is 7.11 Å². The van der Waals surface area contributed by atoms with Gasteiger partial charge in [0.2, 0.25) is 0 Å². The fraction of sp³-hybridized carbons (Fsp3) is 0.312. The maximum absolute atomic E-state index is 13.9. The monoisotopic (exact) mass is 274 g/mol. The number of halogens is 1. The minimum atomic E-state index is -0.262. The van der Waals surface area contributed by atoms with Crippen molar-refractivity contribution in [2.24, 2.45) is 0 Å². The summed E-state index contributed by atoms with van der Waals surface area (Å²) in [4.78, 5) is 4.42. The van der Waals surface area contributed by atoms with Gasteiger partial charge in [-0.25, -0.2) is 4.39 Å². The number of pyridine rings is 1. The molecule has 1 aromatic heterocycles. The Hall–Kier alpha value is -1.94. The van der Waals surface area contributed by atoms with Crippen LogP contribution >= 0.6 is 0 Å². The van der Waals surface area contributed by atoms with Crippen LogP contribution in [0.2, 0.25) is 0 Å². The predicted molar refractivity (Wildman–Crippen MR) is 77.2 cm³/mol. The van der Waals surface area contributed by atoms with Gasteiger partial charge < -0.3 is 10.1 Å². The molecule has 0 amide bonds. The third-order valence-corrected chi connectivity index (χ3v) is 3.20. The molecule has 1 aromatic carbocycles. The molecule has 1 unspecified atom stereocenters. The molecule has 1 atom stereocenters. The van der Waals surface area contributed by atoms with E-state index in [4.69, 9.17) is 4.74 Å². The van der Waals surface area contributed by atoms with Crippen LogP contribution in [0.15, 0.2) is 36.4 Å². The van der Waals surface area contributed by atoms with Crippen molar-refractivity contribution in [3.05, 3.63) is 59.2 Å². The van der Waals surface area contributed by atoms with Crippen molar-refractivity contribution in [1.82, 2.24) is 10.3 Å². The maximum atomic E-state index is 13.9. The van der Waals surface area contributed by atoms with Crippen molar-refractivity contribution < 1.29 is 9.13 Å². The Morgan fingerprint density at radius 3 is 2.70 bits per heavy atom. The third-order valence-electron chi connectivity index (χ3n) is 3.20. The normalized spacial score (nSPS) is 12.2. The molecule has 1 N–H and O–H groups in total. The second kappa shape index (κ2) is 6.48. The van der Waals surface area contributed by atoms with Gasteiger partial charge in [-0.2, -0.15) is 0 Å². The Bertz CT molecular complexity index is 586. The lowest BCUT2D eigenvalue weighted by Gasteiger charge is -2.18. The summed E-state index contributed by atoms with van der Waals surface area (Å²) < 4.78 is 19.2. The van der Waals surface area contributed by atoms with E-state index in [1.54, 1.807) is 19.2 Å². The topological polar surface area (TPSA) is 34.1 Å². The van der Waals surface area contributed by atoms with Crippen LogP contribution < -0.4 is 10.1 Å². The van der Waals surface area contributed by atoms with Crippen molar-refractivity contribution in [3.63, 3.8) is 0 Å². The molecule has 106 valence electrons. The van der Waals surface area contributed by atoms with Gasteiger partial charge in [0.15, 0.2) is 0 Å². The number of aromatic nitrogens is 1. The van der Waals surface area contributed by atoms with Crippen LogP contribution in [0.4, 0.5) is 4.39 Å². The molecule has 4 heteroatoms. The van der Waals surface area contributed by atoms with Gasteiger partial charge in [-0.3, -0.25) is 4.98 Å². The molecule has 2 aromatic rings. The second-order valence-corrected chi connectivity index (χ2v) is 4.73. The highest BCUT2D eigenvalue weighted by Gasteiger charge is 2.16. The molecular weight excluding hydrogens is 255 g/mol. The third kappa shape index (κ3) is 3.33. The molecule has 0 bridgehead atoms. The van der Waals surface area contributed by atoms with E-state index in [1.807, 2.05) is 32.0 Å². The van der Waals surface area contributed by atoms with Crippen LogP contribution in [0.3, 0.4) is 0 Å².